The smallest absolute Gasteiger partial charge is 0.272 e. The van der Waals surface area contributed by atoms with Gasteiger partial charge in [-0.05, 0) is 55.4 Å². The van der Waals surface area contributed by atoms with E-state index < -0.39 is 23.6 Å². The Morgan fingerprint density at radius 3 is 2.29 bits per heavy atom. The molecule has 4 amide bonds. The van der Waals surface area contributed by atoms with E-state index in [0.29, 0.717) is 25.1 Å². The molecule has 3 heterocycles. The quantitative estimate of drug-likeness (QED) is 0.162. The van der Waals surface area contributed by atoms with Crippen LogP contribution in [0.15, 0.2) is 54.2 Å². The summed E-state index contributed by atoms with van der Waals surface area (Å²) >= 11 is 1.58. The zero-order valence-electron chi connectivity index (χ0n) is 30.9. The molecule has 1 aliphatic rings. The first-order chi connectivity index (χ1) is 24.3. The number of carbonyl (C=O) groups is 4. The molecule has 11 nitrogen and oxygen atoms in total. The van der Waals surface area contributed by atoms with E-state index in [2.05, 4.69) is 20.6 Å². The molecule has 276 valence electrons. The molecule has 0 unspecified atom stereocenters. The van der Waals surface area contributed by atoms with E-state index >= 15 is 0 Å². The van der Waals surface area contributed by atoms with Crippen molar-refractivity contribution in [3.05, 3.63) is 71.1 Å². The van der Waals surface area contributed by atoms with Crippen LogP contribution in [0, 0.1) is 12.3 Å². The lowest BCUT2D eigenvalue weighted by Crippen LogP contribution is -2.57. The largest absolute Gasteiger partial charge is 0.391 e. The van der Waals surface area contributed by atoms with E-state index in [1.54, 1.807) is 47.7 Å². The van der Waals surface area contributed by atoms with Crippen LogP contribution in [0.1, 0.15) is 107 Å². The minimum absolute atomic E-state index is 0.0315. The van der Waals surface area contributed by atoms with E-state index in [9.17, 15) is 24.3 Å². The predicted molar refractivity (Wildman–Crippen MR) is 200 cm³/mol. The molecule has 1 aromatic carbocycles. The number of unbranched alkanes of at least 4 members (excludes halogenated alkanes) is 5. The fourth-order valence-corrected chi connectivity index (χ4v) is 7.19. The Hall–Kier alpha value is -4.16. The standard InChI is InChI=1S/C39H54N6O5S/c1-26(28-17-19-29(20-18-28)34-27(2)41-25-51-34)42-36(48)32-23-30(46)24-45(32)38(50)35(39(3,4)5)43-33(47)16-11-9-7-8-10-14-22-44(6)37(49)31-15-12-13-21-40-31/h12-13,15,17-21,25-26,30,32,35,46H,7-11,14,16,22-24H2,1-6H3,(H,42,48)(H,43,47)/t26-,30+,32-,35+/m0/s1. The summed E-state index contributed by atoms with van der Waals surface area (Å²) in [4.78, 5) is 65.7. The number of benzene rings is 1. The molecule has 0 radical (unpaired) electrons. The van der Waals surface area contributed by atoms with Gasteiger partial charge >= 0.3 is 0 Å². The maximum Gasteiger partial charge on any atom is 0.272 e. The summed E-state index contributed by atoms with van der Waals surface area (Å²) in [6, 6.07) is 11.3. The van der Waals surface area contributed by atoms with Crippen molar-refractivity contribution in [2.75, 3.05) is 20.1 Å². The van der Waals surface area contributed by atoms with Gasteiger partial charge in [-0.2, -0.15) is 0 Å². The SMILES string of the molecule is Cc1ncsc1-c1ccc([C@H](C)NC(=O)[C@@H]2C[C@@H](O)CN2C(=O)[C@@H](NC(=O)CCCCCCCCN(C)C(=O)c2ccccn2)C(C)(C)C)cc1. The van der Waals surface area contributed by atoms with Crippen LogP contribution in [-0.2, 0) is 14.4 Å². The summed E-state index contributed by atoms with van der Waals surface area (Å²) in [6.07, 6.45) is 6.67. The third-order valence-electron chi connectivity index (χ3n) is 9.44. The van der Waals surface area contributed by atoms with Crippen molar-refractivity contribution in [1.82, 2.24) is 30.4 Å². The van der Waals surface area contributed by atoms with Crippen molar-refractivity contribution in [1.29, 1.82) is 0 Å². The van der Waals surface area contributed by atoms with E-state index in [4.69, 9.17) is 0 Å². The van der Waals surface area contributed by atoms with Gasteiger partial charge < -0.3 is 25.5 Å². The number of aliphatic hydroxyl groups is 1. The number of pyridine rings is 1. The highest BCUT2D eigenvalue weighted by molar-refractivity contribution is 7.13. The molecular formula is C39H54N6O5S. The number of amides is 4. The Labute approximate surface area is 306 Å². The molecule has 0 spiro atoms. The van der Waals surface area contributed by atoms with E-state index in [0.717, 1.165) is 53.8 Å². The van der Waals surface area contributed by atoms with Gasteiger partial charge in [0.1, 0.15) is 17.8 Å². The molecule has 2 aromatic heterocycles. The molecule has 3 N–H and O–H groups in total. The predicted octanol–water partition coefficient (Wildman–Crippen LogP) is 5.69. The molecule has 1 aliphatic heterocycles. The number of aromatic nitrogens is 2. The number of hydrogen-bond acceptors (Lipinski definition) is 8. The summed E-state index contributed by atoms with van der Waals surface area (Å²) in [5, 5.41) is 16.6. The van der Waals surface area contributed by atoms with Crippen LogP contribution in [0.25, 0.3) is 10.4 Å². The highest BCUT2D eigenvalue weighted by Crippen LogP contribution is 2.29. The first-order valence-corrected chi connectivity index (χ1v) is 18.9. The maximum absolute atomic E-state index is 14.0. The Balaban J connectivity index is 1.22. The number of aryl methyl sites for hydroxylation is 1. The Kier molecular flexibility index (Phi) is 14.3. The molecular weight excluding hydrogens is 665 g/mol. The number of nitrogens with one attached hydrogen (secondary N) is 2. The lowest BCUT2D eigenvalue weighted by Gasteiger charge is -2.35. The third-order valence-corrected chi connectivity index (χ3v) is 10.4. The van der Waals surface area contributed by atoms with Crippen LogP contribution >= 0.6 is 11.3 Å². The van der Waals surface area contributed by atoms with E-state index in [1.165, 1.54) is 4.90 Å². The highest BCUT2D eigenvalue weighted by atomic mass is 32.1. The van der Waals surface area contributed by atoms with Gasteiger partial charge in [-0.15, -0.1) is 11.3 Å². The zero-order valence-corrected chi connectivity index (χ0v) is 31.7. The minimum Gasteiger partial charge on any atom is -0.391 e. The van der Waals surface area contributed by atoms with Gasteiger partial charge in [0.2, 0.25) is 17.7 Å². The number of nitrogens with zero attached hydrogens (tertiary/aromatic N) is 4. The summed E-state index contributed by atoms with van der Waals surface area (Å²) in [5.41, 5.74) is 4.62. The van der Waals surface area contributed by atoms with Crippen LogP contribution in [-0.4, -0.2) is 86.8 Å². The van der Waals surface area contributed by atoms with Crippen molar-refractivity contribution in [2.45, 2.75) is 110 Å². The summed E-state index contributed by atoms with van der Waals surface area (Å²) in [5.74, 6) is -0.983. The van der Waals surface area contributed by atoms with Crippen molar-refractivity contribution in [3.8, 4) is 10.4 Å². The van der Waals surface area contributed by atoms with Gasteiger partial charge in [0.05, 0.1) is 28.2 Å². The Morgan fingerprint density at radius 1 is 0.980 bits per heavy atom. The fourth-order valence-electron chi connectivity index (χ4n) is 6.38. The van der Waals surface area contributed by atoms with Crippen LogP contribution in [0.2, 0.25) is 0 Å². The minimum atomic E-state index is -0.850. The van der Waals surface area contributed by atoms with Gasteiger partial charge in [0.15, 0.2) is 0 Å². The van der Waals surface area contributed by atoms with Crippen molar-refractivity contribution in [2.24, 2.45) is 5.41 Å². The van der Waals surface area contributed by atoms with Crippen LogP contribution < -0.4 is 10.6 Å². The van der Waals surface area contributed by atoms with Gasteiger partial charge in [-0.3, -0.25) is 24.2 Å². The van der Waals surface area contributed by atoms with E-state index in [1.807, 2.05) is 64.4 Å². The summed E-state index contributed by atoms with van der Waals surface area (Å²) < 4.78 is 0. The van der Waals surface area contributed by atoms with Crippen LogP contribution in [0.5, 0.6) is 0 Å². The molecule has 1 fully saturated rings. The number of hydrogen-bond donors (Lipinski definition) is 3. The Morgan fingerprint density at radius 2 is 1.67 bits per heavy atom. The Bertz CT molecular complexity index is 1610. The van der Waals surface area contributed by atoms with Crippen molar-refractivity contribution < 1.29 is 24.3 Å². The van der Waals surface area contributed by atoms with Crippen molar-refractivity contribution >= 4 is 35.0 Å². The highest BCUT2D eigenvalue weighted by Gasteiger charge is 2.44. The van der Waals surface area contributed by atoms with Crippen molar-refractivity contribution in [3.63, 3.8) is 0 Å². The summed E-state index contributed by atoms with van der Waals surface area (Å²) in [6.45, 7) is 10.2. The number of rotatable bonds is 16. The maximum atomic E-state index is 14.0. The first kappa shape index (κ1) is 39.6. The number of carbonyl (C=O) groups excluding carboxylic acids is 4. The molecule has 51 heavy (non-hydrogen) atoms. The third kappa shape index (κ3) is 11.2. The van der Waals surface area contributed by atoms with Crippen LogP contribution in [0.4, 0.5) is 0 Å². The molecule has 0 bridgehead atoms. The fraction of sp³-hybridized carbons (Fsp3) is 0.538. The lowest BCUT2D eigenvalue weighted by atomic mass is 9.85. The molecule has 0 aliphatic carbocycles. The van der Waals surface area contributed by atoms with E-state index in [-0.39, 0.29) is 42.6 Å². The second kappa shape index (κ2) is 18.4. The average Bonchev–Trinajstić information content (AvgIpc) is 3.72. The monoisotopic (exact) mass is 718 g/mol. The topological polar surface area (TPSA) is 145 Å². The van der Waals surface area contributed by atoms with Gasteiger partial charge in [0, 0.05) is 39.2 Å². The first-order valence-electron chi connectivity index (χ1n) is 18.0. The number of β-amino-alcohol motifs (C(OH)–C–C–N with tert-alkyl or cyclic N) is 1. The summed E-state index contributed by atoms with van der Waals surface area (Å²) in [7, 11) is 1.79. The number of likely N-dealkylation sites (tertiary alicyclic amines) is 1. The van der Waals surface area contributed by atoms with Gasteiger partial charge in [-0.1, -0.05) is 76.8 Å². The lowest BCUT2D eigenvalue weighted by molar-refractivity contribution is -0.144. The normalized spacial score (nSPS) is 17.1. The van der Waals surface area contributed by atoms with Crippen LogP contribution in [0.3, 0.4) is 0 Å². The second-order valence-electron chi connectivity index (χ2n) is 14.7. The molecule has 3 aromatic rings. The molecule has 0 saturated carbocycles. The molecule has 1 saturated heterocycles. The number of aliphatic hydroxyl groups excluding tert-OH is 1. The average molecular weight is 719 g/mol. The van der Waals surface area contributed by atoms with Gasteiger partial charge in [-0.25, -0.2) is 4.98 Å². The van der Waals surface area contributed by atoms with Gasteiger partial charge in [0.25, 0.3) is 5.91 Å². The molecule has 12 heteroatoms. The second-order valence-corrected chi connectivity index (χ2v) is 15.5. The molecule has 4 rings (SSSR count). The zero-order chi connectivity index (χ0) is 37.1. The molecule has 4 atom stereocenters. The number of thiazole rings is 1.